The number of amides is 1. The minimum Gasteiger partial charge on any atom is -0.497 e. The fourth-order valence-corrected chi connectivity index (χ4v) is 4.14. The second-order valence-corrected chi connectivity index (χ2v) is 6.92. The van der Waals surface area contributed by atoms with Crippen LogP contribution in [0.15, 0.2) is 24.3 Å². The number of anilines is 1. The van der Waals surface area contributed by atoms with Gasteiger partial charge in [-0.2, -0.15) is 5.10 Å². The van der Waals surface area contributed by atoms with Gasteiger partial charge in [-0.1, -0.05) is 12.1 Å². The van der Waals surface area contributed by atoms with Gasteiger partial charge in [-0.05, 0) is 31.5 Å². The zero-order valence-electron chi connectivity index (χ0n) is 14.9. The molecular weight excluding hydrogens is 354 g/mol. The van der Waals surface area contributed by atoms with Gasteiger partial charge in [0.15, 0.2) is 0 Å². The zero-order chi connectivity index (χ0) is 18.7. The molecule has 1 aromatic heterocycles. The predicted octanol–water partition coefficient (Wildman–Crippen LogP) is 2.54. The van der Waals surface area contributed by atoms with Gasteiger partial charge in [0.05, 0.1) is 30.4 Å². The molecule has 3 rings (SSSR count). The molecule has 0 saturated heterocycles. The molecule has 0 fully saturated rings. The van der Waals surface area contributed by atoms with E-state index in [1.54, 1.807) is 14.0 Å². The minimum atomic E-state index is -0.387. The molecule has 1 aromatic carbocycles. The number of carbonyl (C=O) groups excluding carboxylic acids is 2. The summed E-state index contributed by atoms with van der Waals surface area (Å²) >= 11 is 1.53. The van der Waals surface area contributed by atoms with Gasteiger partial charge in [-0.25, -0.2) is 4.68 Å². The number of thioether (sulfide) groups is 1. The van der Waals surface area contributed by atoms with Gasteiger partial charge in [0.1, 0.15) is 18.1 Å². The number of rotatable bonds is 5. The number of ether oxygens (including phenoxy) is 2. The van der Waals surface area contributed by atoms with Crippen molar-refractivity contribution in [3.05, 3.63) is 41.1 Å². The SMILES string of the molecule is CCOC(=O)Cn1nc(C)c2c1NC(=O)CS[C@H]2c1cccc(OC)c1. The van der Waals surface area contributed by atoms with E-state index in [0.717, 1.165) is 22.6 Å². The van der Waals surface area contributed by atoms with Crippen molar-refractivity contribution in [3.63, 3.8) is 0 Å². The van der Waals surface area contributed by atoms with Gasteiger partial charge < -0.3 is 14.8 Å². The fourth-order valence-electron chi connectivity index (χ4n) is 2.96. The van der Waals surface area contributed by atoms with Crippen LogP contribution >= 0.6 is 11.8 Å². The van der Waals surface area contributed by atoms with Crippen molar-refractivity contribution in [1.82, 2.24) is 9.78 Å². The molecule has 0 saturated carbocycles. The Hall–Kier alpha value is -2.48. The molecule has 8 heteroatoms. The van der Waals surface area contributed by atoms with Crippen LogP contribution in [0.1, 0.15) is 29.0 Å². The Bertz CT molecular complexity index is 834. The molecule has 0 bridgehead atoms. The number of hydrogen-bond acceptors (Lipinski definition) is 6. The van der Waals surface area contributed by atoms with Crippen LogP contribution in [0.4, 0.5) is 5.82 Å². The summed E-state index contributed by atoms with van der Waals surface area (Å²) in [5, 5.41) is 7.27. The Balaban J connectivity index is 2.04. The van der Waals surface area contributed by atoms with Crippen LogP contribution < -0.4 is 10.1 Å². The first kappa shape index (κ1) is 18.3. The summed E-state index contributed by atoms with van der Waals surface area (Å²) in [6.45, 7) is 3.89. The second kappa shape index (κ2) is 7.82. The number of carbonyl (C=O) groups is 2. The molecule has 0 radical (unpaired) electrons. The largest absolute Gasteiger partial charge is 0.497 e. The van der Waals surface area contributed by atoms with Gasteiger partial charge in [0.25, 0.3) is 0 Å². The number of benzene rings is 1. The van der Waals surface area contributed by atoms with Crippen molar-refractivity contribution in [2.24, 2.45) is 0 Å². The lowest BCUT2D eigenvalue weighted by Gasteiger charge is -2.16. The molecule has 1 aliphatic rings. The van der Waals surface area contributed by atoms with Gasteiger partial charge in [-0.15, -0.1) is 11.8 Å². The van der Waals surface area contributed by atoms with E-state index in [2.05, 4.69) is 10.4 Å². The average Bonchev–Trinajstić information content (AvgIpc) is 2.80. The highest BCUT2D eigenvalue weighted by Crippen LogP contribution is 2.43. The first-order valence-corrected chi connectivity index (χ1v) is 9.36. The van der Waals surface area contributed by atoms with E-state index in [1.807, 2.05) is 31.2 Å². The van der Waals surface area contributed by atoms with Gasteiger partial charge >= 0.3 is 5.97 Å². The lowest BCUT2D eigenvalue weighted by molar-refractivity contribution is -0.144. The van der Waals surface area contributed by atoms with Crippen molar-refractivity contribution < 1.29 is 19.1 Å². The number of nitrogens with zero attached hydrogens (tertiary/aromatic N) is 2. The molecule has 1 aliphatic heterocycles. The lowest BCUT2D eigenvalue weighted by atomic mass is 10.0. The Kier molecular flexibility index (Phi) is 5.51. The lowest BCUT2D eigenvalue weighted by Crippen LogP contribution is -2.20. The Labute approximate surface area is 156 Å². The first-order chi connectivity index (χ1) is 12.5. The molecule has 0 aliphatic carbocycles. The highest BCUT2D eigenvalue weighted by molar-refractivity contribution is 8.00. The maximum atomic E-state index is 12.2. The van der Waals surface area contributed by atoms with Crippen LogP contribution in [0.5, 0.6) is 5.75 Å². The van der Waals surface area contributed by atoms with Crippen molar-refractivity contribution >= 4 is 29.5 Å². The fraction of sp³-hybridized carbons (Fsp3) is 0.389. The van der Waals surface area contributed by atoms with E-state index < -0.39 is 0 Å². The van der Waals surface area contributed by atoms with E-state index >= 15 is 0 Å². The molecule has 1 amide bonds. The molecule has 138 valence electrons. The number of nitrogens with one attached hydrogen (secondary N) is 1. The molecule has 2 heterocycles. The van der Waals surface area contributed by atoms with E-state index in [-0.39, 0.29) is 23.7 Å². The topological polar surface area (TPSA) is 82.5 Å². The van der Waals surface area contributed by atoms with E-state index in [9.17, 15) is 9.59 Å². The number of methoxy groups -OCH3 is 1. The molecule has 26 heavy (non-hydrogen) atoms. The molecule has 0 spiro atoms. The van der Waals surface area contributed by atoms with E-state index in [0.29, 0.717) is 18.2 Å². The van der Waals surface area contributed by atoms with E-state index in [1.165, 1.54) is 16.4 Å². The maximum absolute atomic E-state index is 12.2. The highest BCUT2D eigenvalue weighted by atomic mass is 32.2. The van der Waals surface area contributed by atoms with Crippen LogP contribution in [0.2, 0.25) is 0 Å². The van der Waals surface area contributed by atoms with E-state index in [4.69, 9.17) is 9.47 Å². The minimum absolute atomic E-state index is 0.0419. The number of aryl methyl sites for hydroxylation is 1. The number of esters is 1. The smallest absolute Gasteiger partial charge is 0.327 e. The molecule has 2 aromatic rings. The number of fused-ring (bicyclic) bond motifs is 1. The second-order valence-electron chi connectivity index (χ2n) is 5.83. The third-order valence-electron chi connectivity index (χ3n) is 4.06. The molecule has 1 atom stereocenters. The van der Waals surface area contributed by atoms with Gasteiger partial charge in [-0.3, -0.25) is 9.59 Å². The normalized spacial score (nSPS) is 16.4. The van der Waals surface area contributed by atoms with Crippen molar-refractivity contribution in [2.75, 3.05) is 24.8 Å². The molecule has 1 N–H and O–H groups in total. The summed E-state index contributed by atoms with van der Waals surface area (Å²) in [5.41, 5.74) is 2.69. The van der Waals surface area contributed by atoms with Gasteiger partial charge in [0, 0.05) is 5.56 Å². The monoisotopic (exact) mass is 375 g/mol. The zero-order valence-corrected chi connectivity index (χ0v) is 15.8. The summed E-state index contributed by atoms with van der Waals surface area (Å²) < 4.78 is 11.9. The molecule has 7 nitrogen and oxygen atoms in total. The van der Waals surface area contributed by atoms with Crippen molar-refractivity contribution in [3.8, 4) is 5.75 Å². The standard InChI is InChI=1S/C18H21N3O4S/c1-4-25-15(23)9-21-18-16(11(2)20-21)17(26-10-14(22)19-18)12-6-5-7-13(8-12)24-3/h5-8,17H,4,9-10H2,1-3H3,(H,19,22)/t17-/m0/s1. The summed E-state index contributed by atoms with van der Waals surface area (Å²) in [4.78, 5) is 24.1. The summed E-state index contributed by atoms with van der Waals surface area (Å²) in [5.74, 6) is 1.12. The quantitative estimate of drug-likeness (QED) is 0.809. The highest BCUT2D eigenvalue weighted by Gasteiger charge is 2.30. The third-order valence-corrected chi connectivity index (χ3v) is 5.33. The Morgan fingerprint density at radius 3 is 3.00 bits per heavy atom. The van der Waals surface area contributed by atoms with Crippen molar-refractivity contribution in [2.45, 2.75) is 25.6 Å². The summed E-state index contributed by atoms with van der Waals surface area (Å²) in [7, 11) is 1.62. The number of aromatic nitrogens is 2. The average molecular weight is 375 g/mol. The van der Waals surface area contributed by atoms with Crippen molar-refractivity contribution in [1.29, 1.82) is 0 Å². The maximum Gasteiger partial charge on any atom is 0.327 e. The van der Waals surface area contributed by atoms with Crippen LogP contribution in [0, 0.1) is 6.92 Å². The Morgan fingerprint density at radius 2 is 2.27 bits per heavy atom. The summed E-state index contributed by atoms with van der Waals surface area (Å²) in [6, 6.07) is 7.76. The van der Waals surface area contributed by atoms with Crippen LogP contribution in [0.3, 0.4) is 0 Å². The predicted molar refractivity (Wildman–Crippen MR) is 99.5 cm³/mol. The summed E-state index contributed by atoms with van der Waals surface area (Å²) in [6.07, 6.45) is 0. The Morgan fingerprint density at radius 1 is 1.46 bits per heavy atom. The van der Waals surface area contributed by atoms with Crippen LogP contribution in [-0.2, 0) is 20.9 Å². The molecule has 0 unspecified atom stereocenters. The van der Waals surface area contributed by atoms with Crippen LogP contribution in [-0.4, -0.2) is 41.1 Å². The van der Waals surface area contributed by atoms with Crippen LogP contribution in [0.25, 0.3) is 0 Å². The molecular formula is C18H21N3O4S. The third kappa shape index (κ3) is 3.70. The first-order valence-electron chi connectivity index (χ1n) is 8.31. The van der Waals surface area contributed by atoms with Gasteiger partial charge in [0.2, 0.25) is 5.91 Å². The number of hydrogen-bond donors (Lipinski definition) is 1.